The predicted octanol–water partition coefficient (Wildman–Crippen LogP) is 14.2. The quantitative estimate of drug-likeness (QED) is 0.0522. The summed E-state index contributed by atoms with van der Waals surface area (Å²) in [7, 11) is 4.39. The van der Waals surface area contributed by atoms with E-state index >= 15 is 0 Å². The lowest BCUT2D eigenvalue weighted by Crippen LogP contribution is -2.34. The normalized spacial score (nSPS) is 22.9. The number of allylic oxidation sites excluding steroid dienone is 10. The molecular formula is C46H81NO2. The van der Waals surface area contributed by atoms with Crippen LogP contribution in [-0.2, 0) is 9.47 Å². The summed E-state index contributed by atoms with van der Waals surface area (Å²) in [5.41, 5.74) is 0. The molecule has 0 aromatic carbocycles. The van der Waals surface area contributed by atoms with Crippen LogP contribution in [0.15, 0.2) is 60.8 Å². The van der Waals surface area contributed by atoms with E-state index in [1.54, 1.807) is 0 Å². The van der Waals surface area contributed by atoms with Crippen LogP contribution in [0.1, 0.15) is 194 Å². The molecular weight excluding hydrogens is 599 g/mol. The minimum Gasteiger partial charge on any atom is -0.344 e. The van der Waals surface area contributed by atoms with Gasteiger partial charge in [-0.3, -0.25) is 0 Å². The summed E-state index contributed by atoms with van der Waals surface area (Å²) in [5, 5.41) is 0. The van der Waals surface area contributed by atoms with E-state index in [-0.39, 0.29) is 18.0 Å². The van der Waals surface area contributed by atoms with Crippen LogP contribution in [-0.4, -0.2) is 43.0 Å². The van der Waals surface area contributed by atoms with Crippen molar-refractivity contribution in [1.29, 1.82) is 0 Å². The van der Waals surface area contributed by atoms with Gasteiger partial charge >= 0.3 is 0 Å². The maximum atomic E-state index is 6.82. The predicted molar refractivity (Wildman–Crippen MR) is 216 cm³/mol. The summed E-state index contributed by atoms with van der Waals surface area (Å²) in [5.74, 6) is -0.336. The molecule has 1 aliphatic heterocycles. The van der Waals surface area contributed by atoms with Crippen molar-refractivity contribution in [2.24, 2.45) is 0 Å². The summed E-state index contributed by atoms with van der Waals surface area (Å²) in [6.45, 7) is 4.56. The maximum absolute atomic E-state index is 6.82. The lowest BCUT2D eigenvalue weighted by molar-refractivity contribution is -0.192. The van der Waals surface area contributed by atoms with Gasteiger partial charge in [0.25, 0.3) is 0 Å². The first-order valence-corrected chi connectivity index (χ1v) is 21.4. The van der Waals surface area contributed by atoms with E-state index in [9.17, 15) is 0 Å². The van der Waals surface area contributed by atoms with E-state index < -0.39 is 0 Å². The SMILES string of the molecule is CCCCCC/C=C\C/C=C\C/C=C\CCCCC1(CCCCCCCC/C=C\C/C=C\CCCCCCC)O[C@H]2CC(N(C)C)C[C@H]2O1. The first kappa shape index (κ1) is 43.7. The molecule has 0 aromatic heterocycles. The fourth-order valence-electron chi connectivity index (χ4n) is 7.41. The molecule has 0 spiro atoms. The number of hydrogen-bond acceptors (Lipinski definition) is 3. The highest BCUT2D eigenvalue weighted by molar-refractivity contribution is 4.98. The second kappa shape index (κ2) is 30.2. The van der Waals surface area contributed by atoms with Gasteiger partial charge in [-0.05, 0) is 110 Å². The van der Waals surface area contributed by atoms with Crippen LogP contribution < -0.4 is 0 Å². The van der Waals surface area contributed by atoms with Crippen LogP contribution in [0, 0.1) is 0 Å². The molecule has 0 amide bonds. The zero-order chi connectivity index (χ0) is 35.1. The number of unbranched alkanes of at least 4 members (excludes halogenated alkanes) is 17. The standard InChI is InChI=1S/C46H81NO2/c1-5-7-9-11-13-15-17-19-21-23-24-26-28-30-32-34-36-38-40-46(48-44-41-43(47(3)4)42-45(44)49-46)39-37-35-33-31-29-27-25-22-20-18-16-14-12-10-8-6-2/h16-19,22-25,29,31,43-45H,5-15,20-21,26-28,30,32-42H2,1-4H3/b18-16-,19-17-,24-23-,25-22-,31-29-/t43?,44-,45+,46?. The van der Waals surface area contributed by atoms with Gasteiger partial charge in [-0.25, -0.2) is 0 Å². The number of nitrogens with zero attached hydrogens (tertiary/aromatic N) is 1. The molecule has 0 bridgehead atoms. The van der Waals surface area contributed by atoms with Gasteiger partial charge in [-0.15, -0.1) is 0 Å². The summed E-state index contributed by atoms with van der Waals surface area (Å²) >= 11 is 0. The Labute approximate surface area is 306 Å². The van der Waals surface area contributed by atoms with Crippen LogP contribution in [0.3, 0.4) is 0 Å². The highest BCUT2D eigenvalue weighted by Gasteiger charge is 2.51. The van der Waals surface area contributed by atoms with Crippen LogP contribution in [0.5, 0.6) is 0 Å². The number of fused-ring (bicyclic) bond motifs is 1. The number of hydrogen-bond donors (Lipinski definition) is 0. The van der Waals surface area contributed by atoms with Crippen molar-refractivity contribution in [1.82, 2.24) is 4.90 Å². The van der Waals surface area contributed by atoms with Gasteiger partial charge in [0.1, 0.15) is 0 Å². The van der Waals surface area contributed by atoms with Crippen molar-refractivity contribution in [3.63, 3.8) is 0 Å². The summed E-state index contributed by atoms with van der Waals surface area (Å²) in [4.78, 5) is 2.35. The largest absolute Gasteiger partial charge is 0.344 e. The van der Waals surface area contributed by atoms with Crippen molar-refractivity contribution in [3.05, 3.63) is 60.8 Å². The van der Waals surface area contributed by atoms with Gasteiger partial charge < -0.3 is 14.4 Å². The Hall–Kier alpha value is -1.42. The second-order valence-electron chi connectivity index (χ2n) is 15.3. The summed E-state index contributed by atoms with van der Waals surface area (Å²) in [6, 6.07) is 0.593. The average molecular weight is 680 g/mol. The molecule has 1 heterocycles. The van der Waals surface area contributed by atoms with E-state index in [4.69, 9.17) is 9.47 Å². The molecule has 1 aliphatic carbocycles. The minimum atomic E-state index is -0.336. The van der Waals surface area contributed by atoms with Crippen LogP contribution in [0.4, 0.5) is 0 Å². The zero-order valence-corrected chi connectivity index (χ0v) is 33.1. The van der Waals surface area contributed by atoms with Gasteiger partial charge in [0.2, 0.25) is 0 Å². The Morgan fingerprint density at radius 2 is 0.776 bits per heavy atom. The van der Waals surface area contributed by atoms with Crippen molar-refractivity contribution >= 4 is 0 Å². The van der Waals surface area contributed by atoms with Gasteiger partial charge in [0.15, 0.2) is 5.79 Å². The topological polar surface area (TPSA) is 21.7 Å². The number of ether oxygens (including phenoxy) is 2. The van der Waals surface area contributed by atoms with Crippen LogP contribution in [0.25, 0.3) is 0 Å². The van der Waals surface area contributed by atoms with E-state index in [0.717, 1.165) is 51.4 Å². The van der Waals surface area contributed by atoms with E-state index in [1.165, 1.54) is 128 Å². The van der Waals surface area contributed by atoms with Gasteiger partial charge in [0, 0.05) is 18.9 Å². The van der Waals surface area contributed by atoms with Crippen LogP contribution >= 0.6 is 0 Å². The molecule has 0 N–H and O–H groups in total. The third-order valence-electron chi connectivity index (χ3n) is 10.6. The Morgan fingerprint density at radius 3 is 1.20 bits per heavy atom. The molecule has 1 saturated heterocycles. The van der Waals surface area contributed by atoms with Crippen molar-refractivity contribution in [3.8, 4) is 0 Å². The van der Waals surface area contributed by atoms with Crippen molar-refractivity contribution < 1.29 is 9.47 Å². The first-order valence-electron chi connectivity index (χ1n) is 21.4. The molecule has 4 atom stereocenters. The van der Waals surface area contributed by atoms with Gasteiger partial charge in [0.05, 0.1) is 12.2 Å². The highest BCUT2D eigenvalue weighted by Crippen LogP contribution is 2.44. The molecule has 2 unspecified atom stereocenters. The summed E-state index contributed by atoms with van der Waals surface area (Å²) < 4.78 is 13.6. The molecule has 0 radical (unpaired) electrons. The molecule has 2 fully saturated rings. The Kier molecular flexibility index (Phi) is 27.0. The third kappa shape index (κ3) is 22.2. The Bertz CT molecular complexity index is 885. The second-order valence-corrected chi connectivity index (χ2v) is 15.3. The fraction of sp³-hybridized carbons (Fsp3) is 0.783. The third-order valence-corrected chi connectivity index (χ3v) is 10.6. The molecule has 282 valence electrons. The lowest BCUT2D eigenvalue weighted by Gasteiger charge is -2.31. The van der Waals surface area contributed by atoms with Crippen LogP contribution in [0.2, 0.25) is 0 Å². The monoisotopic (exact) mass is 680 g/mol. The summed E-state index contributed by atoms with van der Waals surface area (Å²) in [6.07, 6.45) is 59.1. The molecule has 3 heteroatoms. The molecule has 1 saturated carbocycles. The van der Waals surface area contributed by atoms with Gasteiger partial charge in [-0.1, -0.05) is 145 Å². The van der Waals surface area contributed by atoms with Gasteiger partial charge in [-0.2, -0.15) is 0 Å². The van der Waals surface area contributed by atoms with E-state index in [1.807, 2.05) is 0 Å². The smallest absolute Gasteiger partial charge is 0.169 e. The molecule has 0 aromatic rings. The molecule has 2 aliphatic rings. The molecule has 3 nitrogen and oxygen atoms in total. The first-order chi connectivity index (χ1) is 24.1. The minimum absolute atomic E-state index is 0.286. The van der Waals surface area contributed by atoms with Crippen molar-refractivity contribution in [2.75, 3.05) is 14.1 Å². The number of rotatable bonds is 32. The molecule has 2 rings (SSSR count). The molecule has 49 heavy (non-hydrogen) atoms. The highest BCUT2D eigenvalue weighted by atomic mass is 16.8. The average Bonchev–Trinajstić information content (AvgIpc) is 3.64. The lowest BCUT2D eigenvalue weighted by atomic mass is 9.99. The van der Waals surface area contributed by atoms with E-state index in [2.05, 4.69) is 93.6 Å². The fourth-order valence-corrected chi connectivity index (χ4v) is 7.41. The van der Waals surface area contributed by atoms with Crippen molar-refractivity contribution in [2.45, 2.75) is 218 Å². The Morgan fingerprint density at radius 1 is 0.449 bits per heavy atom. The Balaban J connectivity index is 1.56. The maximum Gasteiger partial charge on any atom is 0.169 e. The van der Waals surface area contributed by atoms with E-state index in [0.29, 0.717) is 6.04 Å². The zero-order valence-electron chi connectivity index (χ0n) is 33.1.